The lowest BCUT2D eigenvalue weighted by Gasteiger charge is -2.12. The molecular formula is C16H22N8S. The maximum absolute atomic E-state index is 5.62. The molecule has 3 aromatic rings. The first-order valence-electron chi connectivity index (χ1n) is 8.72. The van der Waals surface area contributed by atoms with Gasteiger partial charge >= 0.3 is 0 Å². The molecule has 0 spiro atoms. The van der Waals surface area contributed by atoms with Gasteiger partial charge in [0.1, 0.15) is 16.6 Å². The molecule has 0 unspecified atom stereocenters. The lowest BCUT2D eigenvalue weighted by atomic mass is 10.1. The highest BCUT2D eigenvalue weighted by Crippen LogP contribution is 2.34. The Morgan fingerprint density at radius 1 is 1.28 bits per heavy atom. The van der Waals surface area contributed by atoms with Gasteiger partial charge in [-0.3, -0.25) is 4.68 Å². The lowest BCUT2D eigenvalue weighted by Crippen LogP contribution is -2.09. The molecule has 0 radical (unpaired) electrons. The highest BCUT2D eigenvalue weighted by atomic mass is 32.1. The van der Waals surface area contributed by atoms with Crippen LogP contribution in [-0.2, 0) is 13.5 Å². The van der Waals surface area contributed by atoms with Crippen LogP contribution in [0.3, 0.4) is 0 Å². The Bertz CT molecular complexity index is 864. The molecule has 1 aliphatic rings. The molecule has 8 nitrogen and oxygen atoms in total. The van der Waals surface area contributed by atoms with Gasteiger partial charge in [-0.25, -0.2) is 9.97 Å². The van der Waals surface area contributed by atoms with Gasteiger partial charge in [0.05, 0.1) is 11.6 Å². The average molecular weight is 358 g/mol. The summed E-state index contributed by atoms with van der Waals surface area (Å²) in [5.74, 6) is 2.31. The van der Waals surface area contributed by atoms with Gasteiger partial charge in [-0.2, -0.15) is 5.10 Å². The fraction of sp³-hybridized carbons (Fsp3) is 0.562. The van der Waals surface area contributed by atoms with Crippen molar-refractivity contribution in [2.75, 3.05) is 17.6 Å². The van der Waals surface area contributed by atoms with E-state index < -0.39 is 0 Å². The molecule has 0 aliphatic heterocycles. The summed E-state index contributed by atoms with van der Waals surface area (Å²) in [6.45, 7) is 0.810. The number of hydrogen-bond acceptors (Lipinski definition) is 8. The molecule has 3 aromatic heterocycles. The maximum Gasteiger partial charge on any atom is 0.203 e. The Balaban J connectivity index is 1.49. The average Bonchev–Trinajstić information content (AvgIpc) is 3.34. The van der Waals surface area contributed by atoms with Crippen molar-refractivity contribution in [3.05, 3.63) is 17.0 Å². The van der Waals surface area contributed by atoms with Gasteiger partial charge in [0.25, 0.3) is 0 Å². The highest BCUT2D eigenvalue weighted by Gasteiger charge is 2.22. The van der Waals surface area contributed by atoms with Crippen LogP contribution in [0.5, 0.6) is 0 Å². The first-order valence-corrected chi connectivity index (χ1v) is 9.54. The quantitative estimate of drug-likeness (QED) is 0.652. The standard InChI is InChI=1S/C16H22N8S/c1-24-15-11(9-19-24)14(20-13(21-15)10-5-2-3-6-10)18-8-4-7-12-22-23-16(17)25-12/h9-10H,2-8H2,1H3,(H2,17,23)(H,18,20,21). The van der Waals surface area contributed by atoms with Crippen LogP contribution in [0.4, 0.5) is 10.9 Å². The van der Waals surface area contributed by atoms with Gasteiger partial charge in [0.15, 0.2) is 5.65 Å². The molecule has 0 bridgehead atoms. The van der Waals surface area contributed by atoms with Gasteiger partial charge in [0, 0.05) is 25.9 Å². The zero-order valence-corrected chi connectivity index (χ0v) is 15.1. The van der Waals surface area contributed by atoms with Crippen molar-refractivity contribution in [3.63, 3.8) is 0 Å². The Labute approximate surface area is 149 Å². The van der Waals surface area contributed by atoms with Crippen LogP contribution in [0, 0.1) is 0 Å². The monoisotopic (exact) mass is 358 g/mol. The number of rotatable bonds is 6. The van der Waals surface area contributed by atoms with Crippen LogP contribution >= 0.6 is 11.3 Å². The number of nitrogens with one attached hydrogen (secondary N) is 1. The number of fused-ring (bicyclic) bond motifs is 1. The van der Waals surface area contributed by atoms with Crippen LogP contribution in [0.15, 0.2) is 6.20 Å². The van der Waals surface area contributed by atoms with Gasteiger partial charge in [-0.05, 0) is 19.3 Å². The summed E-state index contributed by atoms with van der Waals surface area (Å²) in [6, 6.07) is 0. The van der Waals surface area contributed by atoms with Crippen LogP contribution < -0.4 is 11.1 Å². The first-order chi connectivity index (χ1) is 12.2. The van der Waals surface area contributed by atoms with Gasteiger partial charge in [-0.1, -0.05) is 24.2 Å². The topological polar surface area (TPSA) is 107 Å². The number of aromatic nitrogens is 6. The van der Waals surface area contributed by atoms with E-state index in [9.17, 15) is 0 Å². The predicted octanol–water partition coefficient (Wildman–Crippen LogP) is 2.50. The van der Waals surface area contributed by atoms with Crippen LogP contribution in [0.1, 0.15) is 48.9 Å². The van der Waals surface area contributed by atoms with Gasteiger partial charge in [-0.15, -0.1) is 10.2 Å². The number of hydrogen-bond donors (Lipinski definition) is 2. The van der Waals surface area contributed by atoms with E-state index in [1.165, 1.54) is 37.0 Å². The fourth-order valence-electron chi connectivity index (χ4n) is 3.35. The third-order valence-corrected chi connectivity index (χ3v) is 5.48. The van der Waals surface area contributed by atoms with Gasteiger partial charge in [0.2, 0.25) is 5.13 Å². The third kappa shape index (κ3) is 3.41. The first kappa shape index (κ1) is 16.2. The van der Waals surface area contributed by atoms with Crippen molar-refractivity contribution < 1.29 is 0 Å². The molecule has 9 heteroatoms. The normalized spacial score (nSPS) is 15.2. The number of nitrogens with two attached hydrogens (primary N) is 1. The lowest BCUT2D eigenvalue weighted by molar-refractivity contribution is 0.667. The van der Waals surface area contributed by atoms with E-state index in [0.717, 1.165) is 47.1 Å². The van der Waals surface area contributed by atoms with E-state index in [-0.39, 0.29) is 0 Å². The summed E-state index contributed by atoms with van der Waals surface area (Å²) in [6.07, 6.45) is 8.54. The molecule has 132 valence electrons. The minimum absolute atomic E-state index is 0.476. The summed E-state index contributed by atoms with van der Waals surface area (Å²) in [4.78, 5) is 9.60. The molecule has 0 aromatic carbocycles. The number of anilines is 2. The second kappa shape index (κ2) is 6.91. The highest BCUT2D eigenvalue weighted by molar-refractivity contribution is 7.15. The summed E-state index contributed by atoms with van der Waals surface area (Å²) in [7, 11) is 1.93. The predicted molar refractivity (Wildman–Crippen MR) is 98.6 cm³/mol. The van der Waals surface area contributed by atoms with Crippen LogP contribution in [0.2, 0.25) is 0 Å². The largest absolute Gasteiger partial charge is 0.374 e. The molecule has 3 heterocycles. The van der Waals surface area contributed by atoms with Gasteiger partial charge < -0.3 is 11.1 Å². The zero-order chi connectivity index (χ0) is 17.2. The van der Waals surface area contributed by atoms with E-state index in [1.54, 1.807) is 0 Å². The van der Waals surface area contributed by atoms with E-state index in [1.807, 2.05) is 17.9 Å². The molecule has 1 fully saturated rings. The van der Waals surface area contributed by atoms with Crippen molar-refractivity contribution in [2.45, 2.75) is 44.4 Å². The molecule has 3 N–H and O–H groups in total. The zero-order valence-electron chi connectivity index (χ0n) is 14.3. The number of nitrogens with zero attached hydrogens (tertiary/aromatic N) is 6. The summed E-state index contributed by atoms with van der Waals surface area (Å²) < 4.78 is 1.82. The third-order valence-electron chi connectivity index (χ3n) is 4.67. The molecule has 1 saturated carbocycles. The second-order valence-corrected chi connectivity index (χ2v) is 7.58. The smallest absolute Gasteiger partial charge is 0.203 e. The molecular weight excluding hydrogens is 336 g/mol. The van der Waals surface area contributed by atoms with Crippen molar-refractivity contribution >= 4 is 33.3 Å². The number of nitrogen functional groups attached to an aromatic ring is 1. The molecule has 4 rings (SSSR count). The molecule has 1 aliphatic carbocycles. The fourth-order valence-corrected chi connectivity index (χ4v) is 4.01. The second-order valence-electron chi connectivity index (χ2n) is 6.48. The summed E-state index contributed by atoms with van der Waals surface area (Å²) in [5, 5.41) is 18.2. The molecule has 0 atom stereocenters. The summed E-state index contributed by atoms with van der Waals surface area (Å²) >= 11 is 1.45. The minimum Gasteiger partial charge on any atom is -0.374 e. The number of aryl methyl sites for hydroxylation is 2. The Hall–Kier alpha value is -2.29. The van der Waals surface area contributed by atoms with E-state index in [2.05, 4.69) is 20.6 Å². The van der Waals surface area contributed by atoms with Crippen LogP contribution in [-0.4, -0.2) is 36.5 Å². The molecule has 0 amide bonds. The summed E-state index contributed by atoms with van der Waals surface area (Å²) in [5.41, 5.74) is 6.52. The van der Waals surface area contributed by atoms with E-state index in [4.69, 9.17) is 15.7 Å². The Kier molecular flexibility index (Phi) is 4.48. The Morgan fingerprint density at radius 3 is 2.88 bits per heavy atom. The van der Waals surface area contributed by atoms with Crippen molar-refractivity contribution in [2.24, 2.45) is 7.05 Å². The minimum atomic E-state index is 0.476. The van der Waals surface area contributed by atoms with E-state index in [0.29, 0.717) is 11.0 Å². The molecule has 25 heavy (non-hydrogen) atoms. The van der Waals surface area contributed by atoms with Crippen molar-refractivity contribution in [3.8, 4) is 0 Å². The van der Waals surface area contributed by atoms with Crippen LogP contribution in [0.25, 0.3) is 11.0 Å². The van der Waals surface area contributed by atoms with Crippen molar-refractivity contribution in [1.82, 2.24) is 29.9 Å². The Morgan fingerprint density at radius 2 is 2.12 bits per heavy atom. The van der Waals surface area contributed by atoms with Crippen molar-refractivity contribution in [1.29, 1.82) is 0 Å². The maximum atomic E-state index is 5.62. The SMILES string of the molecule is Cn1ncc2c(NCCCc3nnc(N)s3)nc(C3CCCC3)nc21. The molecule has 0 saturated heterocycles. The van der Waals surface area contributed by atoms with E-state index >= 15 is 0 Å².